The van der Waals surface area contributed by atoms with Crippen molar-refractivity contribution in [2.24, 2.45) is 0 Å². The maximum atomic E-state index is 12.2. The van der Waals surface area contributed by atoms with Crippen molar-refractivity contribution in [3.05, 3.63) is 74.9 Å². The van der Waals surface area contributed by atoms with Gasteiger partial charge < -0.3 is 10.6 Å². The number of halogens is 3. The quantitative estimate of drug-likeness (QED) is 0.419. The fourth-order valence-corrected chi connectivity index (χ4v) is 2.60. The second-order valence-corrected chi connectivity index (χ2v) is 6.21. The second kappa shape index (κ2) is 9.33. The molecule has 0 bridgehead atoms. The van der Waals surface area contributed by atoms with E-state index in [0.29, 0.717) is 28.7 Å². The first kappa shape index (κ1) is 19.1. The maximum Gasteiger partial charge on any atom is 0.267 e. The minimum atomic E-state index is -0.572. The van der Waals surface area contributed by atoms with Gasteiger partial charge in [-0.3, -0.25) is 4.79 Å². The smallest absolute Gasteiger partial charge is 0.267 e. The van der Waals surface area contributed by atoms with Crippen LogP contribution in [0.2, 0.25) is 15.1 Å². The Bertz CT molecular complexity index is 844. The van der Waals surface area contributed by atoms with Gasteiger partial charge >= 0.3 is 0 Å². The summed E-state index contributed by atoms with van der Waals surface area (Å²) in [4.78, 5) is 12.2. The van der Waals surface area contributed by atoms with E-state index in [1.54, 1.807) is 18.2 Å². The molecule has 25 heavy (non-hydrogen) atoms. The van der Waals surface area contributed by atoms with Gasteiger partial charge in [-0.05, 0) is 30.2 Å². The fraction of sp³-hybridized carbons (Fsp3) is 0.111. The zero-order valence-corrected chi connectivity index (χ0v) is 15.3. The Balaban J connectivity index is 1.95. The molecule has 2 rings (SSSR count). The van der Waals surface area contributed by atoms with Crippen LogP contribution >= 0.6 is 34.8 Å². The molecule has 0 unspecified atom stereocenters. The lowest BCUT2D eigenvalue weighted by atomic mass is 10.1. The average Bonchev–Trinajstić information content (AvgIpc) is 2.60. The number of benzene rings is 2. The first-order valence-electron chi connectivity index (χ1n) is 7.35. The Labute approximate surface area is 161 Å². The molecule has 4 nitrogen and oxygen atoms in total. The van der Waals surface area contributed by atoms with Crippen molar-refractivity contribution in [3.8, 4) is 6.07 Å². The molecule has 2 N–H and O–H groups in total. The van der Waals surface area contributed by atoms with Crippen LogP contribution in [0.1, 0.15) is 5.56 Å². The van der Waals surface area contributed by atoms with Crippen LogP contribution in [-0.4, -0.2) is 12.5 Å². The molecular formula is C18H14Cl3N3O. The highest BCUT2D eigenvalue weighted by Gasteiger charge is 2.12. The van der Waals surface area contributed by atoms with E-state index >= 15 is 0 Å². The molecule has 7 heteroatoms. The van der Waals surface area contributed by atoms with Crippen LogP contribution in [0.3, 0.4) is 0 Å². The molecule has 0 radical (unpaired) electrons. The summed E-state index contributed by atoms with van der Waals surface area (Å²) < 4.78 is 0. The van der Waals surface area contributed by atoms with E-state index < -0.39 is 5.91 Å². The SMILES string of the molecule is N#C/C(=C/NCCc1ccccc1Cl)C(=O)Nc1cccc(Cl)c1Cl. The third kappa shape index (κ3) is 5.40. The van der Waals surface area contributed by atoms with Gasteiger partial charge in [-0.1, -0.05) is 59.1 Å². The van der Waals surface area contributed by atoms with Crippen LogP contribution in [0.4, 0.5) is 5.69 Å². The molecule has 0 aliphatic carbocycles. The van der Waals surface area contributed by atoms with E-state index in [1.807, 2.05) is 30.3 Å². The van der Waals surface area contributed by atoms with E-state index in [1.165, 1.54) is 6.20 Å². The molecular weight excluding hydrogens is 381 g/mol. The number of carbonyl (C=O) groups is 1. The number of hydrogen-bond donors (Lipinski definition) is 2. The monoisotopic (exact) mass is 393 g/mol. The lowest BCUT2D eigenvalue weighted by Crippen LogP contribution is -2.18. The minimum Gasteiger partial charge on any atom is -0.389 e. The van der Waals surface area contributed by atoms with Crippen molar-refractivity contribution >= 4 is 46.4 Å². The Morgan fingerprint density at radius 2 is 1.80 bits per heavy atom. The molecule has 0 heterocycles. The summed E-state index contributed by atoms with van der Waals surface area (Å²) in [6.45, 7) is 0.528. The van der Waals surface area contributed by atoms with Crippen molar-refractivity contribution in [1.29, 1.82) is 5.26 Å². The predicted octanol–water partition coefficient (Wildman–Crippen LogP) is 4.83. The van der Waals surface area contributed by atoms with Gasteiger partial charge in [-0.2, -0.15) is 5.26 Å². The molecule has 0 spiro atoms. The summed E-state index contributed by atoms with van der Waals surface area (Å²) in [5.41, 5.74) is 1.25. The average molecular weight is 395 g/mol. The van der Waals surface area contributed by atoms with Crippen LogP contribution in [0, 0.1) is 11.3 Å². The number of nitrogens with one attached hydrogen (secondary N) is 2. The topological polar surface area (TPSA) is 64.9 Å². The minimum absolute atomic E-state index is 0.0739. The highest BCUT2D eigenvalue weighted by molar-refractivity contribution is 6.44. The lowest BCUT2D eigenvalue weighted by Gasteiger charge is -2.08. The number of carbonyl (C=O) groups excluding carboxylic acids is 1. The van der Waals surface area contributed by atoms with Gasteiger partial charge in [0.2, 0.25) is 0 Å². The Morgan fingerprint density at radius 1 is 1.08 bits per heavy atom. The second-order valence-electron chi connectivity index (χ2n) is 5.02. The third-order valence-electron chi connectivity index (χ3n) is 3.31. The summed E-state index contributed by atoms with van der Waals surface area (Å²) in [5.74, 6) is -0.572. The Kier molecular flexibility index (Phi) is 7.15. The van der Waals surface area contributed by atoms with Crippen LogP contribution in [-0.2, 0) is 11.2 Å². The fourth-order valence-electron chi connectivity index (χ4n) is 2.02. The van der Waals surface area contributed by atoms with Crippen LogP contribution < -0.4 is 10.6 Å². The lowest BCUT2D eigenvalue weighted by molar-refractivity contribution is -0.112. The first-order chi connectivity index (χ1) is 12.0. The standard InChI is InChI=1S/C18H14Cl3N3O/c19-14-5-2-1-4-12(14)8-9-23-11-13(10-22)18(25)24-16-7-3-6-15(20)17(16)21/h1-7,11,23H,8-9H2,(H,24,25)/b13-11-. The van der Waals surface area contributed by atoms with Crippen molar-refractivity contribution in [3.63, 3.8) is 0 Å². The summed E-state index contributed by atoms with van der Waals surface area (Å²) in [6.07, 6.45) is 2.03. The van der Waals surface area contributed by atoms with Gasteiger partial charge in [-0.15, -0.1) is 0 Å². The van der Waals surface area contributed by atoms with Crippen molar-refractivity contribution in [2.75, 3.05) is 11.9 Å². The Hall–Kier alpha value is -2.19. The number of anilines is 1. The van der Waals surface area contributed by atoms with Crippen LogP contribution in [0.5, 0.6) is 0 Å². The normalized spacial score (nSPS) is 10.9. The van der Waals surface area contributed by atoms with Gasteiger partial charge in [-0.25, -0.2) is 0 Å². The molecule has 0 atom stereocenters. The van der Waals surface area contributed by atoms with Gasteiger partial charge in [0.25, 0.3) is 5.91 Å². The molecule has 0 aliphatic rings. The van der Waals surface area contributed by atoms with E-state index in [9.17, 15) is 4.79 Å². The Morgan fingerprint density at radius 3 is 2.52 bits per heavy atom. The molecule has 1 amide bonds. The largest absolute Gasteiger partial charge is 0.389 e. The molecule has 2 aromatic rings. The number of hydrogen-bond acceptors (Lipinski definition) is 3. The molecule has 0 saturated carbocycles. The molecule has 0 aromatic heterocycles. The highest BCUT2D eigenvalue weighted by atomic mass is 35.5. The molecule has 0 fully saturated rings. The zero-order valence-electron chi connectivity index (χ0n) is 13.0. The number of rotatable bonds is 6. The van der Waals surface area contributed by atoms with E-state index in [0.717, 1.165) is 5.56 Å². The summed E-state index contributed by atoms with van der Waals surface area (Å²) >= 11 is 18.0. The predicted molar refractivity (Wildman–Crippen MR) is 102 cm³/mol. The van der Waals surface area contributed by atoms with E-state index in [4.69, 9.17) is 40.1 Å². The number of nitrogens with zero attached hydrogens (tertiary/aromatic N) is 1. The van der Waals surface area contributed by atoms with E-state index in [2.05, 4.69) is 10.6 Å². The highest BCUT2D eigenvalue weighted by Crippen LogP contribution is 2.29. The summed E-state index contributed by atoms with van der Waals surface area (Å²) in [7, 11) is 0. The third-order valence-corrected chi connectivity index (χ3v) is 4.50. The zero-order chi connectivity index (χ0) is 18.2. The summed E-state index contributed by atoms with van der Waals surface area (Å²) in [5, 5.41) is 15.9. The number of nitriles is 1. The van der Waals surface area contributed by atoms with Crippen LogP contribution in [0.25, 0.3) is 0 Å². The van der Waals surface area contributed by atoms with Gasteiger partial charge in [0.05, 0.1) is 15.7 Å². The van der Waals surface area contributed by atoms with Crippen molar-refractivity contribution in [1.82, 2.24) is 5.32 Å². The molecule has 2 aromatic carbocycles. The summed E-state index contributed by atoms with van der Waals surface area (Å²) in [6, 6.07) is 14.2. The van der Waals surface area contributed by atoms with Crippen LogP contribution in [0.15, 0.2) is 54.2 Å². The van der Waals surface area contributed by atoms with Gasteiger partial charge in [0.1, 0.15) is 11.6 Å². The maximum absolute atomic E-state index is 12.2. The first-order valence-corrected chi connectivity index (χ1v) is 8.48. The van der Waals surface area contributed by atoms with Gasteiger partial charge in [0, 0.05) is 17.8 Å². The van der Waals surface area contributed by atoms with E-state index in [-0.39, 0.29) is 10.6 Å². The van der Waals surface area contributed by atoms with Gasteiger partial charge in [0.15, 0.2) is 0 Å². The van der Waals surface area contributed by atoms with Crippen molar-refractivity contribution in [2.45, 2.75) is 6.42 Å². The number of amides is 1. The van der Waals surface area contributed by atoms with Crippen molar-refractivity contribution < 1.29 is 4.79 Å². The molecule has 128 valence electrons. The molecule has 0 saturated heterocycles. The molecule has 0 aliphatic heterocycles.